The van der Waals surface area contributed by atoms with E-state index in [4.69, 9.17) is 27.9 Å². The van der Waals surface area contributed by atoms with E-state index in [0.29, 0.717) is 6.42 Å². The maximum Gasteiger partial charge on any atom is 0.349 e. The summed E-state index contributed by atoms with van der Waals surface area (Å²) in [6.45, 7) is 6.15. The number of aliphatic carboxylic acids is 1. The van der Waals surface area contributed by atoms with Crippen molar-refractivity contribution < 1.29 is 33.0 Å². The summed E-state index contributed by atoms with van der Waals surface area (Å²) in [5, 5.41) is 9.35. The summed E-state index contributed by atoms with van der Waals surface area (Å²) in [5.41, 5.74) is -4.63. The van der Waals surface area contributed by atoms with Crippen LogP contribution in [0, 0.1) is 28.6 Å². The molecule has 4 rings (SSSR count). The van der Waals surface area contributed by atoms with Gasteiger partial charge in [0.05, 0.1) is 10.3 Å². The molecule has 0 aliphatic heterocycles. The summed E-state index contributed by atoms with van der Waals surface area (Å²) < 4.78 is 35.9. The Morgan fingerprint density at radius 3 is 2.44 bits per heavy atom. The number of esters is 1. The number of hydrogen-bond donors (Lipinski definition) is 1. The number of fused-ring (bicyclic) bond motifs is 5. The zero-order valence-corrected chi connectivity index (χ0v) is 19.8. The van der Waals surface area contributed by atoms with Gasteiger partial charge < -0.3 is 9.84 Å². The summed E-state index contributed by atoms with van der Waals surface area (Å²) in [6, 6.07) is 0. The van der Waals surface area contributed by atoms with Gasteiger partial charge in [0.15, 0.2) is 5.83 Å². The van der Waals surface area contributed by atoms with Crippen molar-refractivity contribution in [2.24, 2.45) is 28.6 Å². The van der Waals surface area contributed by atoms with Crippen LogP contribution in [-0.4, -0.2) is 44.9 Å². The third-order valence-corrected chi connectivity index (χ3v) is 10.4. The van der Waals surface area contributed by atoms with Crippen LogP contribution < -0.4 is 0 Å². The van der Waals surface area contributed by atoms with Crippen molar-refractivity contribution in [1.82, 2.24) is 0 Å². The predicted octanol–water partition coefficient (Wildman–Crippen LogP) is 4.75. The molecule has 5 nitrogen and oxygen atoms in total. The molecular formula is C23H26Cl2F2O5. The van der Waals surface area contributed by atoms with E-state index >= 15 is 4.39 Å². The Balaban J connectivity index is 1.91. The molecule has 3 fully saturated rings. The summed E-state index contributed by atoms with van der Waals surface area (Å²) in [4.78, 5) is 35.1. The predicted molar refractivity (Wildman–Crippen MR) is 114 cm³/mol. The number of alkyl halides is 3. The first-order chi connectivity index (χ1) is 14.7. The summed E-state index contributed by atoms with van der Waals surface area (Å²) >= 11 is 14.2. The van der Waals surface area contributed by atoms with Gasteiger partial charge in [0.25, 0.3) is 0 Å². The van der Waals surface area contributed by atoms with Crippen LogP contribution in [0.4, 0.5) is 8.78 Å². The summed E-state index contributed by atoms with van der Waals surface area (Å²) in [7, 11) is 0. The number of carboxylic acid groups (broad SMARTS) is 1. The molecule has 4 aliphatic rings. The SMILES string of the molecule is CC(=O)O[C@]1(C(=O)O)[C@H](C)C[C@H]2[C@@H]3C[C@H](F)C4=C(F)C(=O)C=C[C@]4(C)[C@@]3(Cl)[C@@H](Cl)C[C@@]21C. The van der Waals surface area contributed by atoms with Crippen LogP contribution in [-0.2, 0) is 19.1 Å². The molecule has 0 spiro atoms. The van der Waals surface area contributed by atoms with Gasteiger partial charge in [0, 0.05) is 29.2 Å². The molecule has 0 aromatic carbocycles. The molecule has 0 aromatic rings. The van der Waals surface area contributed by atoms with E-state index < -0.39 is 74.2 Å². The fourth-order valence-corrected chi connectivity index (χ4v) is 8.69. The average molecular weight is 491 g/mol. The minimum absolute atomic E-state index is 0.0619. The highest BCUT2D eigenvalue weighted by molar-refractivity contribution is 6.34. The Labute approximate surface area is 195 Å². The molecule has 4 aliphatic carbocycles. The van der Waals surface area contributed by atoms with Gasteiger partial charge in [0.1, 0.15) is 6.17 Å². The molecule has 9 atom stereocenters. The molecule has 176 valence electrons. The topological polar surface area (TPSA) is 80.7 Å². The molecule has 9 heteroatoms. The van der Waals surface area contributed by atoms with Crippen LogP contribution in [0.5, 0.6) is 0 Å². The van der Waals surface area contributed by atoms with E-state index in [1.165, 1.54) is 6.08 Å². The molecule has 3 saturated carbocycles. The quantitative estimate of drug-likeness (QED) is 0.446. The van der Waals surface area contributed by atoms with Crippen LogP contribution >= 0.6 is 23.2 Å². The van der Waals surface area contributed by atoms with Crippen LogP contribution in [0.25, 0.3) is 0 Å². The highest BCUT2D eigenvalue weighted by Crippen LogP contribution is 2.73. The second-order valence-electron chi connectivity index (χ2n) is 10.2. The van der Waals surface area contributed by atoms with Gasteiger partial charge in [-0.2, -0.15) is 0 Å². The van der Waals surface area contributed by atoms with Gasteiger partial charge in [-0.15, -0.1) is 23.2 Å². The zero-order chi connectivity index (χ0) is 24.0. The lowest BCUT2D eigenvalue weighted by molar-refractivity contribution is -0.204. The number of rotatable bonds is 2. The lowest BCUT2D eigenvalue weighted by atomic mass is 9.46. The van der Waals surface area contributed by atoms with E-state index in [1.54, 1.807) is 20.8 Å². The summed E-state index contributed by atoms with van der Waals surface area (Å²) in [5.74, 6) is -5.72. The molecule has 0 bridgehead atoms. The number of hydrogen-bond acceptors (Lipinski definition) is 4. The van der Waals surface area contributed by atoms with E-state index in [0.717, 1.165) is 13.0 Å². The fraction of sp³-hybridized carbons (Fsp3) is 0.696. The van der Waals surface area contributed by atoms with Gasteiger partial charge in [-0.05, 0) is 37.2 Å². The second-order valence-corrected chi connectivity index (χ2v) is 11.3. The van der Waals surface area contributed by atoms with Crippen LogP contribution in [0.15, 0.2) is 23.6 Å². The Morgan fingerprint density at radius 2 is 1.88 bits per heavy atom. The van der Waals surface area contributed by atoms with Crippen molar-refractivity contribution in [3.05, 3.63) is 23.6 Å². The molecule has 0 aromatic heterocycles. The van der Waals surface area contributed by atoms with Gasteiger partial charge >= 0.3 is 11.9 Å². The Bertz CT molecular complexity index is 981. The standard InChI is InChI=1S/C23H26Cl2F2O5/c1-10-7-12-13-8-14(26)17-18(27)15(29)5-6-20(17,3)22(13,25)16(24)9-21(12,4)23(10,19(30)31)32-11(2)28/h5-6,10,12-14,16H,7-9H2,1-4H3,(H,30,31)/t10-,12+,13+,14+,16+,20+,21+,22+,23+/m1/s1. The average Bonchev–Trinajstić information content (AvgIpc) is 2.89. The van der Waals surface area contributed by atoms with Gasteiger partial charge in [0.2, 0.25) is 11.4 Å². The van der Waals surface area contributed by atoms with E-state index in [-0.39, 0.29) is 18.4 Å². The molecule has 0 amide bonds. The lowest BCUT2D eigenvalue weighted by Crippen LogP contribution is -2.69. The normalized spacial score (nSPS) is 49.9. The van der Waals surface area contributed by atoms with Crippen molar-refractivity contribution >= 4 is 40.9 Å². The van der Waals surface area contributed by atoms with E-state index in [2.05, 4.69) is 0 Å². The highest BCUT2D eigenvalue weighted by Gasteiger charge is 2.77. The third-order valence-electron chi connectivity index (χ3n) is 8.83. The maximum absolute atomic E-state index is 15.5. The number of ether oxygens (including phenoxy) is 1. The van der Waals surface area contributed by atoms with Crippen LogP contribution in [0.1, 0.15) is 47.0 Å². The molecule has 0 radical (unpaired) electrons. The number of halogens is 4. The first kappa shape index (κ1) is 23.7. The van der Waals surface area contributed by atoms with Crippen LogP contribution in [0.3, 0.4) is 0 Å². The molecule has 0 heterocycles. The first-order valence-corrected chi connectivity index (χ1v) is 11.5. The molecule has 0 unspecified atom stereocenters. The van der Waals surface area contributed by atoms with Crippen molar-refractivity contribution in [3.63, 3.8) is 0 Å². The van der Waals surface area contributed by atoms with Gasteiger partial charge in [-0.3, -0.25) is 9.59 Å². The number of carboxylic acids is 1. The highest BCUT2D eigenvalue weighted by atomic mass is 35.5. The molecule has 1 N–H and O–H groups in total. The Hall–Kier alpha value is -1.47. The zero-order valence-electron chi connectivity index (χ0n) is 18.3. The Kier molecular flexibility index (Phi) is 5.19. The van der Waals surface area contributed by atoms with Crippen molar-refractivity contribution in [1.29, 1.82) is 0 Å². The van der Waals surface area contributed by atoms with E-state index in [1.807, 2.05) is 0 Å². The number of allylic oxidation sites excluding steroid dienone is 4. The van der Waals surface area contributed by atoms with Crippen molar-refractivity contribution in [2.45, 2.75) is 69.0 Å². The Morgan fingerprint density at radius 1 is 1.25 bits per heavy atom. The third kappa shape index (κ3) is 2.53. The van der Waals surface area contributed by atoms with E-state index in [9.17, 15) is 23.9 Å². The smallest absolute Gasteiger partial charge is 0.349 e. The monoisotopic (exact) mass is 490 g/mol. The first-order valence-electron chi connectivity index (χ1n) is 10.7. The largest absolute Gasteiger partial charge is 0.478 e. The van der Waals surface area contributed by atoms with Gasteiger partial charge in [-0.1, -0.05) is 26.8 Å². The minimum atomic E-state index is -1.85. The number of ketones is 1. The van der Waals surface area contributed by atoms with Crippen molar-refractivity contribution in [2.75, 3.05) is 0 Å². The number of carbonyl (C=O) groups is 3. The van der Waals surface area contributed by atoms with Crippen molar-refractivity contribution in [3.8, 4) is 0 Å². The molecule has 32 heavy (non-hydrogen) atoms. The maximum atomic E-state index is 15.5. The minimum Gasteiger partial charge on any atom is -0.478 e. The number of carbonyl (C=O) groups excluding carboxylic acids is 2. The molecule has 0 saturated heterocycles. The summed E-state index contributed by atoms with van der Waals surface area (Å²) in [6.07, 6.45) is 0.910. The second kappa shape index (κ2) is 7.02. The fourth-order valence-electron chi connectivity index (χ4n) is 7.50. The van der Waals surface area contributed by atoms with Gasteiger partial charge in [-0.25, -0.2) is 13.6 Å². The molecular weight excluding hydrogens is 465 g/mol. The van der Waals surface area contributed by atoms with Crippen LogP contribution in [0.2, 0.25) is 0 Å². The lowest BCUT2D eigenvalue weighted by Gasteiger charge is -2.64.